The predicted octanol–water partition coefficient (Wildman–Crippen LogP) is 3.05. The molecule has 124 valence electrons. The van der Waals surface area contributed by atoms with Crippen LogP contribution in [0.1, 0.15) is 40.0 Å². The molecule has 0 spiro atoms. The van der Waals surface area contributed by atoms with Crippen LogP contribution in [-0.4, -0.2) is 32.6 Å². The zero-order valence-corrected chi connectivity index (χ0v) is 14.2. The van der Waals surface area contributed by atoms with Gasteiger partial charge < -0.3 is 9.88 Å². The summed E-state index contributed by atoms with van der Waals surface area (Å²) in [6.07, 6.45) is 8.40. The first kappa shape index (κ1) is 15.0. The van der Waals surface area contributed by atoms with E-state index in [1.54, 1.807) is 15.8 Å². The van der Waals surface area contributed by atoms with Crippen LogP contribution in [0.2, 0.25) is 0 Å². The lowest BCUT2D eigenvalue weighted by Gasteiger charge is -2.16. The van der Waals surface area contributed by atoms with E-state index in [2.05, 4.69) is 16.1 Å². The van der Waals surface area contributed by atoms with E-state index >= 15 is 0 Å². The van der Waals surface area contributed by atoms with Gasteiger partial charge in [-0.2, -0.15) is 5.10 Å². The summed E-state index contributed by atoms with van der Waals surface area (Å²) in [5, 5.41) is 5.38. The third-order valence-corrected chi connectivity index (χ3v) is 4.89. The summed E-state index contributed by atoms with van der Waals surface area (Å²) in [7, 11) is 3.73. The molecule has 0 atom stereocenters. The summed E-state index contributed by atoms with van der Waals surface area (Å²) in [6, 6.07) is 6.05. The van der Waals surface area contributed by atoms with E-state index in [0.717, 1.165) is 29.5 Å². The van der Waals surface area contributed by atoms with Crippen molar-refractivity contribution >= 4 is 16.8 Å². The number of H-pyrrole nitrogens is 1. The lowest BCUT2D eigenvalue weighted by atomic mass is 9.95. The zero-order chi connectivity index (χ0) is 16.7. The van der Waals surface area contributed by atoms with E-state index < -0.39 is 0 Å². The average Bonchev–Trinajstić information content (AvgIpc) is 3.17. The smallest absolute Gasteiger partial charge is 0.256 e. The van der Waals surface area contributed by atoms with Gasteiger partial charge in [-0.3, -0.25) is 9.48 Å². The second-order valence-corrected chi connectivity index (χ2v) is 6.70. The minimum atomic E-state index is 0.0445. The topological polar surface area (TPSA) is 53.9 Å². The van der Waals surface area contributed by atoms with Crippen molar-refractivity contribution < 1.29 is 4.79 Å². The Morgan fingerprint density at radius 1 is 1.33 bits per heavy atom. The molecule has 0 saturated heterocycles. The van der Waals surface area contributed by atoms with Crippen LogP contribution in [0.5, 0.6) is 0 Å². The number of nitrogens with zero attached hydrogens (tertiary/aromatic N) is 3. The molecule has 3 aromatic rings. The number of aryl methyl sites for hydroxylation is 3. The van der Waals surface area contributed by atoms with Crippen molar-refractivity contribution in [2.24, 2.45) is 7.05 Å². The number of fused-ring (bicyclic) bond motifs is 3. The fourth-order valence-electron chi connectivity index (χ4n) is 3.71. The van der Waals surface area contributed by atoms with Gasteiger partial charge in [-0.25, -0.2) is 0 Å². The van der Waals surface area contributed by atoms with Crippen LogP contribution in [0.15, 0.2) is 30.6 Å². The molecule has 2 heterocycles. The average molecular weight is 322 g/mol. The molecule has 1 aliphatic rings. The number of aromatic nitrogens is 3. The van der Waals surface area contributed by atoms with Crippen molar-refractivity contribution in [1.29, 1.82) is 0 Å². The molecule has 4 rings (SSSR count). The van der Waals surface area contributed by atoms with Gasteiger partial charge >= 0.3 is 0 Å². The molecule has 0 aliphatic heterocycles. The molecule has 1 aliphatic carbocycles. The molecule has 0 saturated carbocycles. The number of carbonyl (C=O) groups excluding carboxylic acids is 1. The van der Waals surface area contributed by atoms with Crippen molar-refractivity contribution in [3.8, 4) is 0 Å². The highest BCUT2D eigenvalue weighted by molar-refractivity contribution is 6.06. The molecular formula is C19H22N4O. The maximum Gasteiger partial charge on any atom is 0.256 e. The highest BCUT2D eigenvalue weighted by Gasteiger charge is 2.21. The van der Waals surface area contributed by atoms with E-state index in [9.17, 15) is 4.79 Å². The Hall–Kier alpha value is -2.56. The van der Waals surface area contributed by atoms with Crippen molar-refractivity contribution in [2.75, 3.05) is 7.05 Å². The molecule has 1 N–H and O–H groups in total. The first-order valence-electron chi connectivity index (χ1n) is 8.49. The van der Waals surface area contributed by atoms with Crippen LogP contribution in [-0.2, 0) is 26.4 Å². The third-order valence-electron chi connectivity index (χ3n) is 4.89. The number of benzene rings is 1. The minimum absolute atomic E-state index is 0.0445. The quantitative estimate of drug-likeness (QED) is 0.806. The first-order chi connectivity index (χ1) is 11.6. The number of rotatable bonds is 3. The van der Waals surface area contributed by atoms with Crippen molar-refractivity contribution in [3.05, 3.63) is 53.0 Å². The van der Waals surface area contributed by atoms with E-state index in [1.807, 2.05) is 32.4 Å². The molecule has 24 heavy (non-hydrogen) atoms. The van der Waals surface area contributed by atoms with Gasteiger partial charge in [0.15, 0.2) is 0 Å². The Kier molecular flexibility index (Phi) is 3.63. The number of aromatic amines is 1. The van der Waals surface area contributed by atoms with Crippen LogP contribution in [0.25, 0.3) is 10.9 Å². The Balaban J connectivity index is 1.67. The van der Waals surface area contributed by atoms with Gasteiger partial charge in [-0.1, -0.05) is 12.1 Å². The Morgan fingerprint density at radius 2 is 2.17 bits per heavy atom. The molecule has 5 nitrogen and oxygen atoms in total. The van der Waals surface area contributed by atoms with Gasteiger partial charge in [0, 0.05) is 43.5 Å². The lowest BCUT2D eigenvalue weighted by molar-refractivity contribution is 0.0787. The maximum absolute atomic E-state index is 13.0. The number of carbonyl (C=O) groups is 1. The third kappa shape index (κ3) is 2.50. The van der Waals surface area contributed by atoms with Gasteiger partial charge in [0.1, 0.15) is 0 Å². The van der Waals surface area contributed by atoms with E-state index in [-0.39, 0.29) is 5.91 Å². The normalized spacial score (nSPS) is 13.9. The van der Waals surface area contributed by atoms with Crippen LogP contribution < -0.4 is 0 Å². The molecule has 0 radical (unpaired) electrons. The summed E-state index contributed by atoms with van der Waals surface area (Å²) in [4.78, 5) is 18.2. The largest absolute Gasteiger partial charge is 0.358 e. The van der Waals surface area contributed by atoms with E-state index in [4.69, 9.17) is 0 Å². The number of para-hydroxylation sites is 1. The predicted molar refractivity (Wildman–Crippen MR) is 93.9 cm³/mol. The summed E-state index contributed by atoms with van der Waals surface area (Å²) < 4.78 is 1.76. The van der Waals surface area contributed by atoms with E-state index in [0.29, 0.717) is 6.54 Å². The highest BCUT2D eigenvalue weighted by atomic mass is 16.2. The maximum atomic E-state index is 13.0. The van der Waals surface area contributed by atoms with Crippen molar-refractivity contribution in [1.82, 2.24) is 19.7 Å². The number of hydrogen-bond acceptors (Lipinski definition) is 2. The molecule has 0 unspecified atom stereocenters. The molecular weight excluding hydrogens is 300 g/mol. The fourth-order valence-corrected chi connectivity index (χ4v) is 3.71. The summed E-state index contributed by atoms with van der Waals surface area (Å²) in [6.45, 7) is 0.559. The molecule has 0 fully saturated rings. The second-order valence-electron chi connectivity index (χ2n) is 6.70. The number of nitrogens with one attached hydrogen (secondary N) is 1. The highest BCUT2D eigenvalue weighted by Crippen LogP contribution is 2.31. The summed E-state index contributed by atoms with van der Waals surface area (Å²) in [5.41, 5.74) is 5.50. The molecule has 2 aromatic heterocycles. The van der Waals surface area contributed by atoms with Gasteiger partial charge in [-0.15, -0.1) is 0 Å². The second kappa shape index (κ2) is 5.82. The SMILES string of the molecule is CN(Cc1cnn(C)c1)C(=O)c1cccc2c3c([nH]c12)CCCC3. The molecule has 1 aromatic carbocycles. The Labute approximate surface area is 141 Å². The van der Waals surface area contributed by atoms with E-state index in [1.165, 1.54) is 29.5 Å². The monoisotopic (exact) mass is 322 g/mol. The molecule has 5 heteroatoms. The summed E-state index contributed by atoms with van der Waals surface area (Å²) in [5.74, 6) is 0.0445. The van der Waals surface area contributed by atoms with Gasteiger partial charge in [0.2, 0.25) is 0 Å². The van der Waals surface area contributed by atoms with Gasteiger partial charge in [0.05, 0.1) is 17.3 Å². The molecule has 1 amide bonds. The summed E-state index contributed by atoms with van der Waals surface area (Å²) >= 11 is 0. The van der Waals surface area contributed by atoms with Crippen LogP contribution in [0.4, 0.5) is 0 Å². The van der Waals surface area contributed by atoms with Crippen LogP contribution in [0, 0.1) is 0 Å². The molecule has 0 bridgehead atoms. The Morgan fingerprint density at radius 3 is 2.96 bits per heavy atom. The first-order valence-corrected chi connectivity index (χ1v) is 8.49. The van der Waals surface area contributed by atoms with Crippen molar-refractivity contribution in [3.63, 3.8) is 0 Å². The lowest BCUT2D eigenvalue weighted by Crippen LogP contribution is -2.26. The van der Waals surface area contributed by atoms with Crippen LogP contribution >= 0.6 is 0 Å². The van der Waals surface area contributed by atoms with Gasteiger partial charge in [0.25, 0.3) is 5.91 Å². The van der Waals surface area contributed by atoms with Crippen LogP contribution in [0.3, 0.4) is 0 Å². The van der Waals surface area contributed by atoms with Gasteiger partial charge in [-0.05, 0) is 37.3 Å². The zero-order valence-electron chi connectivity index (χ0n) is 14.2. The number of hydrogen-bond donors (Lipinski definition) is 1. The standard InChI is InChI=1S/C19H22N4O/c1-22(11-13-10-20-23(2)12-13)19(24)16-8-5-7-15-14-6-3-4-9-17(14)21-18(15)16/h5,7-8,10,12,21H,3-4,6,9,11H2,1-2H3. The fraction of sp³-hybridized carbons (Fsp3) is 0.368. The van der Waals surface area contributed by atoms with Crippen molar-refractivity contribution in [2.45, 2.75) is 32.2 Å². The Bertz CT molecular complexity index is 905. The minimum Gasteiger partial charge on any atom is -0.358 e. The number of amides is 1.